The monoisotopic (exact) mass is 952 g/mol. The minimum absolute atomic E-state index is 0.0370. The second kappa shape index (κ2) is 31.6. The van der Waals surface area contributed by atoms with Gasteiger partial charge in [-0.2, -0.15) is 15.3 Å². The van der Waals surface area contributed by atoms with Crippen LogP contribution in [0.5, 0.6) is 0 Å². The molecule has 8 heterocycles. The van der Waals surface area contributed by atoms with Crippen LogP contribution in [0, 0.1) is 5.92 Å². The van der Waals surface area contributed by atoms with Crippen LogP contribution in [0.15, 0.2) is 105 Å². The van der Waals surface area contributed by atoms with Crippen LogP contribution in [0.4, 0.5) is 0 Å². The van der Waals surface area contributed by atoms with Gasteiger partial charge in [0.2, 0.25) is 5.89 Å². The lowest BCUT2D eigenvalue weighted by atomic mass is 10.2. The number of aromatic nitrogens is 16. The first kappa shape index (κ1) is 58.7. The Balaban J connectivity index is 0.000000389. The van der Waals surface area contributed by atoms with Crippen molar-refractivity contribution in [1.29, 1.82) is 0 Å². The van der Waals surface area contributed by atoms with Gasteiger partial charge in [0.05, 0.1) is 12.5 Å². The fourth-order valence-electron chi connectivity index (χ4n) is 4.46. The molecular formula is C43H73N19O6. The summed E-state index contributed by atoms with van der Waals surface area (Å²) in [6.07, 6.45) is 16.2. The largest absolute Gasteiger partial charge is 0.438 e. The summed E-state index contributed by atoms with van der Waals surface area (Å²) in [4.78, 5) is 57.3. The number of rotatable bonds is 8. The number of amidine groups is 1. The fraction of sp³-hybridized carbons (Fsp3) is 0.581. The predicted octanol–water partition coefficient (Wildman–Crippen LogP) is 7.20. The van der Waals surface area contributed by atoms with E-state index in [1.807, 2.05) is 91.1 Å². The Morgan fingerprint density at radius 3 is 1.54 bits per heavy atom. The lowest BCUT2D eigenvalue weighted by Gasteiger charge is -2.02. The highest BCUT2D eigenvalue weighted by molar-refractivity contribution is 5.85. The minimum Gasteiger partial charge on any atom is -0.392 e. The van der Waals surface area contributed by atoms with Gasteiger partial charge in [-0.25, -0.2) is 39.4 Å². The summed E-state index contributed by atoms with van der Waals surface area (Å²) in [5.74, 6) is 2.77. The van der Waals surface area contributed by atoms with Gasteiger partial charge in [-0.3, -0.25) is 28.4 Å². The van der Waals surface area contributed by atoms with Crippen molar-refractivity contribution >= 4 is 5.84 Å². The second-order valence-electron chi connectivity index (χ2n) is 16.9. The van der Waals surface area contributed by atoms with Crippen LogP contribution in [-0.2, 0) is 0 Å². The van der Waals surface area contributed by atoms with Crippen LogP contribution in [0.3, 0.4) is 0 Å². The van der Waals surface area contributed by atoms with Crippen molar-refractivity contribution in [3.63, 3.8) is 0 Å². The molecule has 5 N–H and O–H groups in total. The zero-order chi connectivity index (χ0) is 51.3. The van der Waals surface area contributed by atoms with Gasteiger partial charge in [-0.15, -0.1) is 15.3 Å². The molecule has 0 bridgehead atoms. The zero-order valence-electron chi connectivity index (χ0n) is 42.3. The molecule has 0 unspecified atom stereocenters. The molecule has 0 saturated carbocycles. The molecular weight excluding hydrogens is 879 g/mol. The summed E-state index contributed by atoms with van der Waals surface area (Å²) in [7, 11) is 0. The van der Waals surface area contributed by atoms with E-state index in [0.717, 1.165) is 5.84 Å². The Labute approximate surface area is 395 Å². The summed E-state index contributed by atoms with van der Waals surface area (Å²) < 4.78 is 16.3. The smallest absolute Gasteiger partial charge is 0.392 e. The Morgan fingerprint density at radius 1 is 0.632 bits per heavy atom. The van der Waals surface area contributed by atoms with Crippen molar-refractivity contribution in [2.24, 2.45) is 21.1 Å². The van der Waals surface area contributed by atoms with Gasteiger partial charge in [-0.05, 0) is 61.5 Å². The van der Waals surface area contributed by atoms with Crippen LogP contribution in [0.1, 0.15) is 170 Å². The van der Waals surface area contributed by atoms with Gasteiger partial charge in [0.15, 0.2) is 12.5 Å². The SMILES string of the molecule is CC(C)C1=NCN=N1.CC(C)c1n[nH]c(=O)[nH]1.CC(C)c1n[nH]c(=O)o1.CC(C)c1noc(=O)[nH]1.CC(C)n1cc[nH]c1=O.CC(C)n1cccn1.CC(C)n1ccnc1.CC(C)n1ccnn1. The van der Waals surface area contributed by atoms with E-state index < -0.39 is 11.5 Å². The molecule has 0 spiro atoms. The molecule has 0 atom stereocenters. The van der Waals surface area contributed by atoms with Crippen LogP contribution < -0.4 is 22.9 Å². The third kappa shape index (κ3) is 24.3. The Hall–Kier alpha value is -7.34. The maximum absolute atomic E-state index is 10.8. The van der Waals surface area contributed by atoms with Crippen LogP contribution >= 0.6 is 0 Å². The van der Waals surface area contributed by atoms with E-state index in [0.29, 0.717) is 48.3 Å². The molecule has 8 rings (SSSR count). The first-order chi connectivity index (χ1) is 32.0. The lowest BCUT2D eigenvalue weighted by Crippen LogP contribution is -2.17. The molecule has 0 radical (unpaired) electrons. The number of aliphatic imine (C=N–C) groups is 1. The number of nitrogens with one attached hydrogen (secondary N) is 5. The Morgan fingerprint density at radius 2 is 1.31 bits per heavy atom. The van der Waals surface area contributed by atoms with Crippen molar-refractivity contribution in [2.45, 2.75) is 153 Å². The number of hydrogen-bond acceptors (Lipinski definition) is 16. The van der Waals surface area contributed by atoms with Crippen molar-refractivity contribution in [3.05, 3.63) is 122 Å². The standard InChI is InChI=1S/C6H10N2O.2C6H10N2.C5H9N3O.2C5H9N3.2C5H8N2O2/c1-5(2)8-4-3-7-6(8)9;1-6(2)8-4-3-7-5-8;1-6(2)8-5-3-4-7-8;1-3(2)4-6-5(9)8-7-4;1-5(2)8-4-3-6-7-8;1-4(2)5-6-3-7-8-5;1-3(2)4-6-7-5(8)9-4;1-3(2)4-6-5(8)9-7-4/h3-5H,1-2H3,(H,7,9);2*3-6H,1-2H3;3H,1-2H3,(H2,6,7,8,9);3-5H,1-2H3;4H,3H2,1-2H3;3H,1-2H3,(H,7,8);3H,1-2H3,(H,6,7,8). The minimum atomic E-state index is -0.487. The first-order valence-corrected chi connectivity index (χ1v) is 22.3. The maximum Gasteiger partial charge on any atom is 0.438 e. The van der Waals surface area contributed by atoms with Crippen LogP contribution in [-0.4, -0.2) is 91.9 Å². The van der Waals surface area contributed by atoms with E-state index in [9.17, 15) is 19.2 Å². The number of H-pyrrole nitrogens is 5. The molecule has 68 heavy (non-hydrogen) atoms. The van der Waals surface area contributed by atoms with Gasteiger partial charge in [0.1, 0.15) is 11.7 Å². The Bertz CT molecular complexity index is 2360. The number of aromatic amines is 5. The summed E-state index contributed by atoms with van der Waals surface area (Å²) in [5.41, 5.74) is -0.274. The van der Waals surface area contributed by atoms with Gasteiger partial charge in [0, 0.05) is 91.2 Å². The number of nitrogens with zero attached hydrogens (tertiary/aromatic N) is 14. The van der Waals surface area contributed by atoms with Gasteiger partial charge in [0.25, 0.3) is 0 Å². The number of hydrogen-bond donors (Lipinski definition) is 5. The molecule has 0 amide bonds. The summed E-state index contributed by atoms with van der Waals surface area (Å²) in [5, 5.41) is 34.3. The highest BCUT2D eigenvalue weighted by atomic mass is 16.5. The van der Waals surface area contributed by atoms with E-state index in [1.165, 1.54) is 0 Å². The molecule has 0 aromatic carbocycles. The van der Waals surface area contributed by atoms with Crippen LogP contribution in [0.2, 0.25) is 0 Å². The second-order valence-corrected chi connectivity index (χ2v) is 16.9. The Kier molecular flexibility index (Phi) is 27.2. The maximum atomic E-state index is 10.8. The lowest BCUT2D eigenvalue weighted by molar-refractivity contribution is 0.379. The molecule has 1 aliphatic heterocycles. The number of imidazole rings is 2. The van der Waals surface area contributed by atoms with E-state index in [1.54, 1.807) is 40.2 Å². The molecule has 0 aliphatic carbocycles. The average Bonchev–Trinajstić information content (AvgIpc) is 4.13. The summed E-state index contributed by atoms with van der Waals surface area (Å²) in [6.45, 7) is 32.8. The van der Waals surface area contributed by atoms with Gasteiger partial charge in [-0.1, -0.05) is 65.8 Å². The molecule has 1 aliphatic rings. The molecule has 376 valence electrons. The van der Waals surface area contributed by atoms with Crippen molar-refractivity contribution in [1.82, 2.24) is 79.4 Å². The van der Waals surface area contributed by atoms with E-state index in [4.69, 9.17) is 0 Å². The quantitative estimate of drug-likeness (QED) is 0.101. The molecule has 7 aromatic heterocycles. The fourth-order valence-corrected chi connectivity index (χ4v) is 4.46. The van der Waals surface area contributed by atoms with Gasteiger partial charge < -0.3 is 14.0 Å². The molecule has 25 nitrogen and oxygen atoms in total. The molecule has 7 aromatic rings. The third-order valence-corrected chi connectivity index (χ3v) is 8.38. The van der Waals surface area contributed by atoms with Crippen molar-refractivity contribution < 1.29 is 8.94 Å². The van der Waals surface area contributed by atoms with E-state index in [-0.39, 0.29) is 35.2 Å². The highest BCUT2D eigenvalue weighted by Gasteiger charge is 2.06. The molecule has 0 fully saturated rings. The first-order valence-electron chi connectivity index (χ1n) is 22.3. The van der Waals surface area contributed by atoms with E-state index >= 15 is 0 Å². The van der Waals surface area contributed by atoms with Gasteiger partial charge >= 0.3 is 22.9 Å². The van der Waals surface area contributed by atoms with Crippen molar-refractivity contribution in [2.75, 3.05) is 6.67 Å². The highest BCUT2D eigenvalue weighted by Crippen LogP contribution is 2.07. The normalized spacial score (nSPS) is 11.3. The topological polar surface area (TPSA) is 321 Å². The van der Waals surface area contributed by atoms with Crippen molar-refractivity contribution in [3.8, 4) is 0 Å². The summed E-state index contributed by atoms with van der Waals surface area (Å²) in [6, 6.07) is 3.64. The molecule has 0 saturated heterocycles. The summed E-state index contributed by atoms with van der Waals surface area (Å²) >= 11 is 0. The zero-order valence-corrected chi connectivity index (χ0v) is 42.3. The number of azo groups is 1. The average molecular weight is 952 g/mol. The molecule has 25 heteroatoms. The van der Waals surface area contributed by atoms with Crippen LogP contribution in [0.25, 0.3) is 0 Å². The third-order valence-electron chi connectivity index (χ3n) is 8.38. The predicted molar refractivity (Wildman–Crippen MR) is 259 cm³/mol. The van der Waals surface area contributed by atoms with E-state index in [2.05, 4.69) is 145 Å².